The van der Waals surface area contributed by atoms with E-state index < -0.39 is 41.5 Å². The molecular formula is C41H67N5O6. The number of likely N-dealkylation sites (tertiary alicyclic amines) is 2. The molecule has 0 aromatic carbocycles. The number of carbonyl (C=O) groups excluding carboxylic acids is 4. The Balaban J connectivity index is 1.24. The Hall–Kier alpha value is -2.69. The van der Waals surface area contributed by atoms with Crippen molar-refractivity contribution in [1.29, 1.82) is 0 Å². The molecule has 6 atom stereocenters. The lowest BCUT2D eigenvalue weighted by Crippen LogP contribution is -2.62. The van der Waals surface area contributed by atoms with Gasteiger partial charge in [-0.25, -0.2) is 4.79 Å². The molecule has 2 aliphatic heterocycles. The summed E-state index contributed by atoms with van der Waals surface area (Å²) in [5, 5.41) is 19.3. The third kappa shape index (κ3) is 7.01. The molecule has 6 fully saturated rings. The molecule has 2 spiro atoms. The van der Waals surface area contributed by atoms with E-state index in [2.05, 4.69) is 41.6 Å². The zero-order valence-corrected chi connectivity index (χ0v) is 32.9. The summed E-state index contributed by atoms with van der Waals surface area (Å²) < 4.78 is 0. The minimum absolute atomic E-state index is 0.0118. The topological polar surface area (TPSA) is 148 Å². The third-order valence-electron chi connectivity index (χ3n) is 15.2. The second kappa shape index (κ2) is 14.9. The summed E-state index contributed by atoms with van der Waals surface area (Å²) >= 11 is 0. The summed E-state index contributed by atoms with van der Waals surface area (Å²) in [6.45, 7) is 15.4. The molecule has 292 valence electrons. The first-order valence-electron chi connectivity index (χ1n) is 20.7. The number of piperidine rings is 1. The van der Waals surface area contributed by atoms with Gasteiger partial charge in [-0.05, 0) is 92.5 Å². The third-order valence-corrected chi connectivity index (χ3v) is 15.2. The quantitative estimate of drug-likeness (QED) is 0.225. The molecule has 0 bridgehead atoms. The van der Waals surface area contributed by atoms with Gasteiger partial charge in [-0.3, -0.25) is 19.2 Å². The summed E-state index contributed by atoms with van der Waals surface area (Å²) in [4.78, 5) is 73.8. The smallest absolute Gasteiger partial charge is 0.326 e. The van der Waals surface area contributed by atoms with Crippen molar-refractivity contribution in [2.75, 3.05) is 26.2 Å². The van der Waals surface area contributed by atoms with E-state index in [0.717, 1.165) is 96.6 Å². The highest BCUT2D eigenvalue weighted by atomic mass is 16.4. The minimum atomic E-state index is -1.04. The van der Waals surface area contributed by atoms with Gasteiger partial charge in [0.1, 0.15) is 24.2 Å². The van der Waals surface area contributed by atoms with E-state index in [-0.39, 0.29) is 51.7 Å². The Morgan fingerprint density at radius 1 is 0.827 bits per heavy atom. The van der Waals surface area contributed by atoms with Crippen molar-refractivity contribution in [1.82, 2.24) is 25.8 Å². The number of fused-ring (bicyclic) bond motifs is 1. The lowest BCUT2D eigenvalue weighted by atomic mass is 9.73. The summed E-state index contributed by atoms with van der Waals surface area (Å²) in [7, 11) is 0. The molecule has 6 aliphatic rings. The molecule has 11 nitrogen and oxygen atoms in total. The van der Waals surface area contributed by atoms with Gasteiger partial charge in [0.05, 0.1) is 5.92 Å². The number of nitrogens with zero attached hydrogens (tertiary/aromatic N) is 2. The molecule has 4 amide bonds. The van der Waals surface area contributed by atoms with Crippen molar-refractivity contribution < 1.29 is 29.1 Å². The van der Waals surface area contributed by atoms with Crippen LogP contribution in [0.25, 0.3) is 0 Å². The Kier molecular flexibility index (Phi) is 11.1. The number of carboxylic acids is 1. The van der Waals surface area contributed by atoms with Crippen molar-refractivity contribution in [3.63, 3.8) is 0 Å². The summed E-state index contributed by atoms with van der Waals surface area (Å²) in [5.41, 5.74) is -0.932. The number of rotatable bonds is 12. The molecule has 52 heavy (non-hydrogen) atoms. The van der Waals surface area contributed by atoms with E-state index in [1.54, 1.807) is 4.90 Å². The summed E-state index contributed by atoms with van der Waals surface area (Å²) in [5.74, 6) is -2.07. The zero-order chi connectivity index (χ0) is 37.6. The second-order valence-electron chi connectivity index (χ2n) is 19.2. The first-order valence-corrected chi connectivity index (χ1v) is 20.7. The van der Waals surface area contributed by atoms with Gasteiger partial charge in [0.15, 0.2) is 0 Å². The first kappa shape index (κ1) is 39.0. The average Bonchev–Trinajstić information content (AvgIpc) is 3.28. The number of nitrogens with one attached hydrogen (secondary N) is 3. The molecule has 4 N–H and O–H groups in total. The van der Waals surface area contributed by atoms with Gasteiger partial charge in [-0.15, -0.1) is 0 Å². The molecule has 0 radical (unpaired) electrons. The molecule has 0 unspecified atom stereocenters. The fourth-order valence-corrected chi connectivity index (χ4v) is 11.4. The molecule has 11 heteroatoms. The van der Waals surface area contributed by atoms with Crippen LogP contribution in [0.15, 0.2) is 0 Å². The Bertz CT molecular complexity index is 1380. The van der Waals surface area contributed by atoms with Gasteiger partial charge in [0.25, 0.3) is 0 Å². The highest BCUT2D eigenvalue weighted by Crippen LogP contribution is 2.88. The largest absolute Gasteiger partial charge is 0.480 e. The van der Waals surface area contributed by atoms with E-state index in [9.17, 15) is 29.1 Å². The Labute approximate surface area is 311 Å². The van der Waals surface area contributed by atoms with Gasteiger partial charge < -0.3 is 30.9 Å². The first-order chi connectivity index (χ1) is 24.5. The number of hydrogen-bond donors (Lipinski definition) is 4. The number of amides is 4. The molecule has 4 saturated carbocycles. The lowest BCUT2D eigenvalue weighted by molar-refractivity contribution is -0.146. The summed E-state index contributed by atoms with van der Waals surface area (Å²) in [6, 6.07) is -3.50. The number of carbonyl (C=O) groups is 5. The van der Waals surface area contributed by atoms with Crippen molar-refractivity contribution in [2.24, 2.45) is 39.4 Å². The highest BCUT2D eigenvalue weighted by molar-refractivity contribution is 5.96. The number of hydrogen-bond acceptors (Lipinski definition) is 6. The molecule has 2 saturated heterocycles. The highest BCUT2D eigenvalue weighted by Gasteiger charge is 2.85. The summed E-state index contributed by atoms with van der Waals surface area (Å²) in [6.07, 6.45) is 13.7. The van der Waals surface area contributed by atoms with Gasteiger partial charge in [0, 0.05) is 18.5 Å². The van der Waals surface area contributed by atoms with E-state index in [4.69, 9.17) is 0 Å². The average molecular weight is 726 g/mol. The van der Waals surface area contributed by atoms with Crippen LogP contribution in [0.5, 0.6) is 0 Å². The van der Waals surface area contributed by atoms with Crippen LogP contribution in [0, 0.1) is 39.4 Å². The van der Waals surface area contributed by atoms with Crippen molar-refractivity contribution in [3.8, 4) is 0 Å². The van der Waals surface area contributed by atoms with Crippen LogP contribution in [0.4, 0.5) is 0 Å². The van der Waals surface area contributed by atoms with Gasteiger partial charge in [0.2, 0.25) is 23.6 Å². The standard InChI is InChI=1S/C41H67N5O6/c1-7-45-21-12-18-28(24-45)33(47)43-31(27-16-9-8-10-17-27)35(49)44-32(38(2,3)4)36(50)46-25-41(39(5,6)40(41)19-13-20-40)23-30(46)34(48)42-29(37(51)52)22-26-14-11-15-26/h26-32H,7-25H2,1-6H3,(H,42,48)(H,43,47)(H,44,49)(H,51,52)/t28-,29+,30-,31-,32-,41-/m0/s1. The number of carboxylic acid groups (broad SMARTS) is 1. The maximum Gasteiger partial charge on any atom is 0.326 e. The van der Waals surface area contributed by atoms with E-state index in [1.807, 2.05) is 20.8 Å². The monoisotopic (exact) mass is 726 g/mol. The Morgan fingerprint density at radius 3 is 2.06 bits per heavy atom. The maximum atomic E-state index is 15.0. The van der Waals surface area contributed by atoms with Gasteiger partial charge >= 0.3 is 5.97 Å². The molecule has 0 aromatic heterocycles. The van der Waals surface area contributed by atoms with Crippen molar-refractivity contribution >= 4 is 29.6 Å². The van der Waals surface area contributed by atoms with Crippen LogP contribution >= 0.6 is 0 Å². The molecule has 2 heterocycles. The molecular weight excluding hydrogens is 658 g/mol. The molecule has 4 aliphatic carbocycles. The second-order valence-corrected chi connectivity index (χ2v) is 19.2. The van der Waals surface area contributed by atoms with Gasteiger partial charge in [-0.1, -0.05) is 86.5 Å². The van der Waals surface area contributed by atoms with Crippen LogP contribution in [0.2, 0.25) is 0 Å². The van der Waals surface area contributed by atoms with Crippen LogP contribution in [-0.4, -0.2) is 94.9 Å². The minimum Gasteiger partial charge on any atom is -0.480 e. The van der Waals surface area contributed by atoms with Crippen molar-refractivity contribution in [2.45, 2.75) is 162 Å². The fourth-order valence-electron chi connectivity index (χ4n) is 11.4. The van der Waals surface area contributed by atoms with E-state index in [0.29, 0.717) is 25.9 Å². The molecule has 6 rings (SSSR count). The number of aliphatic carboxylic acids is 1. The lowest BCUT2D eigenvalue weighted by Gasteiger charge is -2.38. The van der Waals surface area contributed by atoms with Gasteiger partial charge in [-0.2, -0.15) is 0 Å². The SMILES string of the molecule is CCN1CCC[C@H](C(=O)N[C@H](C(=O)N[C@@H](C(=O)N2C[C@@]3(C[C@H]2C(=O)N[C@H](CC2CCC2)C(=O)O)C(C)(C)C32CCC2)C(C)(C)C)C2CCCCC2)C1. The van der Waals surface area contributed by atoms with E-state index in [1.165, 1.54) is 0 Å². The maximum absolute atomic E-state index is 15.0. The predicted octanol–water partition coefficient (Wildman–Crippen LogP) is 4.87. The molecule has 0 aromatic rings. The van der Waals surface area contributed by atoms with Crippen LogP contribution in [0.1, 0.15) is 138 Å². The fraction of sp³-hybridized carbons (Fsp3) is 0.878. The van der Waals surface area contributed by atoms with Crippen LogP contribution in [-0.2, 0) is 24.0 Å². The van der Waals surface area contributed by atoms with Crippen LogP contribution < -0.4 is 16.0 Å². The van der Waals surface area contributed by atoms with E-state index >= 15 is 0 Å². The normalized spacial score (nSPS) is 30.5. The predicted molar refractivity (Wildman–Crippen MR) is 199 cm³/mol. The van der Waals surface area contributed by atoms with Crippen LogP contribution in [0.3, 0.4) is 0 Å². The zero-order valence-electron chi connectivity index (χ0n) is 32.9. The van der Waals surface area contributed by atoms with Crippen molar-refractivity contribution in [3.05, 3.63) is 0 Å². The Morgan fingerprint density at radius 2 is 1.52 bits per heavy atom.